The lowest BCUT2D eigenvalue weighted by molar-refractivity contribution is 0.102. The van der Waals surface area contributed by atoms with Crippen molar-refractivity contribution in [1.82, 2.24) is 20.0 Å². The van der Waals surface area contributed by atoms with Crippen molar-refractivity contribution in [2.24, 2.45) is 0 Å². The molecule has 0 aliphatic carbocycles. The van der Waals surface area contributed by atoms with Gasteiger partial charge in [0, 0.05) is 6.20 Å². The van der Waals surface area contributed by atoms with Crippen LogP contribution in [0.3, 0.4) is 0 Å². The molecule has 6 nitrogen and oxygen atoms in total. The fourth-order valence-corrected chi connectivity index (χ4v) is 2.47. The smallest absolute Gasteiger partial charge is 0.274 e. The van der Waals surface area contributed by atoms with Gasteiger partial charge < -0.3 is 5.32 Å². The molecule has 8 heteroatoms. The summed E-state index contributed by atoms with van der Waals surface area (Å²) in [5, 5.41) is 13.3. The van der Waals surface area contributed by atoms with Crippen LogP contribution in [0.4, 0.5) is 10.1 Å². The van der Waals surface area contributed by atoms with Crippen molar-refractivity contribution < 1.29 is 9.18 Å². The summed E-state index contributed by atoms with van der Waals surface area (Å²) in [7, 11) is 0. The molecule has 112 valence electrons. The second-order valence-electron chi connectivity index (χ2n) is 4.60. The van der Waals surface area contributed by atoms with Crippen LogP contribution in [-0.2, 0) is 6.54 Å². The SMILES string of the molecule is O=C(Nc1cnn(Cc2cccc(F)c2)c1)c1[nH]ncc1I. The molecule has 0 fully saturated rings. The number of hydrogen-bond donors (Lipinski definition) is 2. The molecule has 0 radical (unpaired) electrons. The van der Waals surface area contributed by atoms with Gasteiger partial charge >= 0.3 is 0 Å². The standard InChI is InChI=1S/C14H11FIN5O/c15-10-3-1-2-9(4-10)7-21-8-11(5-18-21)19-14(22)13-12(16)6-17-20-13/h1-6,8H,7H2,(H,17,20)(H,19,22). The minimum Gasteiger partial charge on any atom is -0.318 e. The minimum absolute atomic E-state index is 0.285. The highest BCUT2D eigenvalue weighted by molar-refractivity contribution is 14.1. The van der Waals surface area contributed by atoms with E-state index in [4.69, 9.17) is 0 Å². The Balaban J connectivity index is 1.69. The summed E-state index contributed by atoms with van der Waals surface area (Å²) < 4.78 is 15.5. The van der Waals surface area contributed by atoms with Crippen LogP contribution in [-0.4, -0.2) is 25.9 Å². The van der Waals surface area contributed by atoms with E-state index in [1.54, 1.807) is 29.3 Å². The number of carbonyl (C=O) groups is 1. The predicted octanol–water partition coefficient (Wildman–Crippen LogP) is 2.65. The Kier molecular flexibility index (Phi) is 4.18. The zero-order valence-corrected chi connectivity index (χ0v) is 13.4. The number of carbonyl (C=O) groups excluding carboxylic acids is 1. The van der Waals surface area contributed by atoms with E-state index in [0.717, 1.165) is 9.13 Å². The molecule has 0 spiro atoms. The maximum Gasteiger partial charge on any atom is 0.274 e. The van der Waals surface area contributed by atoms with Crippen molar-refractivity contribution in [3.8, 4) is 0 Å². The third kappa shape index (κ3) is 3.32. The Morgan fingerprint density at radius 1 is 1.41 bits per heavy atom. The molecule has 3 aromatic rings. The molecule has 0 saturated heterocycles. The first-order valence-corrected chi connectivity index (χ1v) is 7.47. The van der Waals surface area contributed by atoms with E-state index in [1.165, 1.54) is 12.1 Å². The third-order valence-electron chi connectivity index (χ3n) is 2.94. The van der Waals surface area contributed by atoms with E-state index in [1.807, 2.05) is 28.7 Å². The molecule has 1 amide bonds. The molecular weight excluding hydrogens is 400 g/mol. The zero-order chi connectivity index (χ0) is 15.5. The summed E-state index contributed by atoms with van der Waals surface area (Å²) in [5.41, 5.74) is 1.76. The summed E-state index contributed by atoms with van der Waals surface area (Å²) in [6.45, 7) is 0.426. The van der Waals surface area contributed by atoms with Gasteiger partial charge in [0.2, 0.25) is 0 Å². The minimum atomic E-state index is -0.285. The van der Waals surface area contributed by atoms with Crippen LogP contribution < -0.4 is 5.32 Å². The Hall–Kier alpha value is -2.23. The van der Waals surface area contributed by atoms with Crippen molar-refractivity contribution in [3.05, 3.63) is 63.5 Å². The summed E-state index contributed by atoms with van der Waals surface area (Å²) in [6.07, 6.45) is 4.80. The second kappa shape index (κ2) is 6.26. The Morgan fingerprint density at radius 2 is 2.27 bits per heavy atom. The molecule has 0 saturated carbocycles. The van der Waals surface area contributed by atoms with Gasteiger partial charge in [-0.05, 0) is 40.3 Å². The van der Waals surface area contributed by atoms with E-state index >= 15 is 0 Å². The van der Waals surface area contributed by atoms with E-state index in [0.29, 0.717) is 17.9 Å². The molecule has 0 aliphatic rings. The summed E-state index contributed by atoms with van der Waals surface area (Å²) in [5.74, 6) is -0.570. The van der Waals surface area contributed by atoms with Gasteiger partial charge in [0.25, 0.3) is 5.91 Å². The number of anilines is 1. The zero-order valence-electron chi connectivity index (χ0n) is 11.3. The lowest BCUT2D eigenvalue weighted by Crippen LogP contribution is -2.13. The quantitative estimate of drug-likeness (QED) is 0.649. The number of H-pyrrole nitrogens is 1. The highest BCUT2D eigenvalue weighted by Crippen LogP contribution is 2.13. The molecule has 2 aromatic heterocycles. The van der Waals surface area contributed by atoms with Gasteiger partial charge in [-0.25, -0.2) is 4.39 Å². The maximum absolute atomic E-state index is 13.1. The van der Waals surface area contributed by atoms with Crippen molar-refractivity contribution in [1.29, 1.82) is 0 Å². The maximum atomic E-state index is 13.1. The number of halogens is 2. The first kappa shape index (κ1) is 14.7. The molecule has 0 unspecified atom stereocenters. The fourth-order valence-electron chi connectivity index (χ4n) is 1.96. The van der Waals surface area contributed by atoms with E-state index in [9.17, 15) is 9.18 Å². The van der Waals surface area contributed by atoms with E-state index < -0.39 is 0 Å². The van der Waals surface area contributed by atoms with Gasteiger partial charge in [-0.1, -0.05) is 12.1 Å². The van der Waals surface area contributed by atoms with Crippen LogP contribution in [0, 0.1) is 9.39 Å². The molecule has 3 rings (SSSR count). The lowest BCUT2D eigenvalue weighted by Gasteiger charge is -2.02. The first-order chi connectivity index (χ1) is 10.6. The lowest BCUT2D eigenvalue weighted by atomic mass is 10.2. The first-order valence-electron chi connectivity index (χ1n) is 6.39. The van der Waals surface area contributed by atoms with Crippen molar-refractivity contribution >= 4 is 34.2 Å². The fraction of sp³-hybridized carbons (Fsp3) is 0.0714. The second-order valence-corrected chi connectivity index (χ2v) is 5.77. The van der Waals surface area contributed by atoms with Crippen LogP contribution in [0.15, 0.2) is 42.9 Å². The van der Waals surface area contributed by atoms with Crippen molar-refractivity contribution in [2.75, 3.05) is 5.32 Å². The van der Waals surface area contributed by atoms with Gasteiger partial charge in [-0.2, -0.15) is 10.2 Å². The summed E-state index contributed by atoms with van der Waals surface area (Å²) in [6, 6.07) is 6.31. The summed E-state index contributed by atoms with van der Waals surface area (Å²) in [4.78, 5) is 12.0. The molecular formula is C14H11FIN5O. The molecule has 0 aliphatic heterocycles. The van der Waals surface area contributed by atoms with Crippen LogP contribution in [0.1, 0.15) is 16.1 Å². The molecule has 2 N–H and O–H groups in total. The molecule has 1 aromatic carbocycles. The van der Waals surface area contributed by atoms with Gasteiger partial charge in [0.05, 0.1) is 28.2 Å². The number of benzene rings is 1. The number of aromatic amines is 1. The Bertz CT molecular complexity index is 813. The largest absolute Gasteiger partial charge is 0.318 e. The number of nitrogens with zero attached hydrogens (tertiary/aromatic N) is 3. The predicted molar refractivity (Wildman–Crippen MR) is 87.0 cm³/mol. The monoisotopic (exact) mass is 411 g/mol. The number of rotatable bonds is 4. The average molecular weight is 411 g/mol. The van der Waals surface area contributed by atoms with Gasteiger partial charge in [-0.15, -0.1) is 0 Å². The molecule has 22 heavy (non-hydrogen) atoms. The summed E-state index contributed by atoms with van der Waals surface area (Å²) >= 11 is 2.03. The average Bonchev–Trinajstić information content (AvgIpc) is 3.08. The number of amides is 1. The van der Waals surface area contributed by atoms with Crippen molar-refractivity contribution in [3.63, 3.8) is 0 Å². The topological polar surface area (TPSA) is 75.6 Å². The number of nitrogens with one attached hydrogen (secondary N) is 2. The molecule has 0 bridgehead atoms. The van der Waals surface area contributed by atoms with Crippen LogP contribution in [0.2, 0.25) is 0 Å². The van der Waals surface area contributed by atoms with Crippen LogP contribution in [0.25, 0.3) is 0 Å². The Morgan fingerprint density at radius 3 is 3.00 bits per heavy atom. The highest BCUT2D eigenvalue weighted by atomic mass is 127. The van der Waals surface area contributed by atoms with E-state index in [-0.39, 0.29) is 11.7 Å². The van der Waals surface area contributed by atoms with Crippen LogP contribution >= 0.6 is 22.6 Å². The number of aromatic nitrogens is 4. The molecule has 2 heterocycles. The molecule has 0 atom stereocenters. The van der Waals surface area contributed by atoms with Gasteiger partial charge in [-0.3, -0.25) is 14.6 Å². The normalized spacial score (nSPS) is 10.6. The highest BCUT2D eigenvalue weighted by Gasteiger charge is 2.13. The van der Waals surface area contributed by atoms with Gasteiger partial charge in [0.1, 0.15) is 11.5 Å². The van der Waals surface area contributed by atoms with E-state index in [2.05, 4.69) is 20.6 Å². The third-order valence-corrected chi connectivity index (χ3v) is 3.76. The van der Waals surface area contributed by atoms with Crippen molar-refractivity contribution in [2.45, 2.75) is 6.54 Å². The van der Waals surface area contributed by atoms with Crippen LogP contribution in [0.5, 0.6) is 0 Å². The number of hydrogen-bond acceptors (Lipinski definition) is 3. The van der Waals surface area contributed by atoms with Gasteiger partial charge in [0.15, 0.2) is 0 Å². The Labute approximate surface area is 138 Å².